The average molecular weight is 261 g/mol. The van der Waals surface area contributed by atoms with Gasteiger partial charge in [0.2, 0.25) is 0 Å². The highest BCUT2D eigenvalue weighted by Gasteiger charge is 2.04. The predicted molar refractivity (Wildman–Crippen MR) is 75.9 cm³/mol. The van der Waals surface area contributed by atoms with Gasteiger partial charge in [-0.3, -0.25) is 4.40 Å². The molecule has 0 unspecified atom stereocenters. The molecule has 2 aromatic heterocycles. The highest BCUT2D eigenvalue weighted by molar-refractivity contribution is 7.15. The molecular formula is C14H19N3S. The maximum atomic E-state index is 4.56. The fraction of sp³-hybridized carbons (Fsp3) is 0.500. The van der Waals surface area contributed by atoms with Crippen molar-refractivity contribution in [3.05, 3.63) is 35.1 Å². The Balaban J connectivity index is 1.44. The normalized spacial score (nSPS) is 16.1. The molecule has 0 aromatic carbocycles. The van der Waals surface area contributed by atoms with E-state index in [0.29, 0.717) is 0 Å². The van der Waals surface area contributed by atoms with Crippen molar-refractivity contribution in [1.29, 1.82) is 0 Å². The third kappa shape index (κ3) is 2.82. The van der Waals surface area contributed by atoms with Gasteiger partial charge in [0.15, 0.2) is 4.96 Å². The highest BCUT2D eigenvalue weighted by atomic mass is 32.1. The average Bonchev–Trinajstić information content (AvgIpc) is 2.96. The minimum Gasteiger partial charge on any atom is -0.311 e. The number of aromatic nitrogens is 2. The van der Waals surface area contributed by atoms with Crippen molar-refractivity contribution in [3.8, 4) is 0 Å². The number of imidazole rings is 1. The Morgan fingerprint density at radius 1 is 1.39 bits per heavy atom. The number of fused-ring (bicyclic) bond motifs is 1. The smallest absolute Gasteiger partial charge is 0.193 e. The van der Waals surface area contributed by atoms with Crippen LogP contribution >= 0.6 is 11.3 Å². The molecule has 0 radical (unpaired) electrons. The Bertz CT molecular complexity index is 509. The van der Waals surface area contributed by atoms with E-state index < -0.39 is 0 Å². The van der Waals surface area contributed by atoms with E-state index >= 15 is 0 Å². The van der Waals surface area contributed by atoms with Crippen LogP contribution in [-0.2, 0) is 6.54 Å². The number of nitrogens with one attached hydrogen (secondary N) is 1. The zero-order valence-electron chi connectivity index (χ0n) is 10.6. The van der Waals surface area contributed by atoms with E-state index in [1.807, 2.05) is 0 Å². The van der Waals surface area contributed by atoms with Crippen LogP contribution in [0.5, 0.6) is 0 Å². The van der Waals surface area contributed by atoms with Crippen LogP contribution in [0.4, 0.5) is 0 Å². The second-order valence-corrected chi connectivity index (χ2v) is 5.73. The molecule has 1 aliphatic rings. The van der Waals surface area contributed by atoms with E-state index in [-0.39, 0.29) is 0 Å². The molecule has 0 amide bonds. The van der Waals surface area contributed by atoms with E-state index in [1.54, 1.807) is 16.9 Å². The molecule has 1 N–H and O–H groups in total. The van der Waals surface area contributed by atoms with Crippen LogP contribution in [0.1, 0.15) is 37.8 Å². The minimum atomic E-state index is 0.877. The Morgan fingerprint density at radius 2 is 2.39 bits per heavy atom. The highest BCUT2D eigenvalue weighted by Crippen LogP contribution is 2.19. The lowest BCUT2D eigenvalue weighted by Crippen LogP contribution is -2.15. The Hall–Kier alpha value is -1.13. The molecule has 0 saturated carbocycles. The van der Waals surface area contributed by atoms with Gasteiger partial charge in [0.25, 0.3) is 0 Å². The number of rotatable bonds is 5. The summed E-state index contributed by atoms with van der Waals surface area (Å²) in [7, 11) is 0. The molecule has 96 valence electrons. The van der Waals surface area contributed by atoms with Gasteiger partial charge in [-0.1, -0.05) is 11.6 Å². The summed E-state index contributed by atoms with van der Waals surface area (Å²) in [5.74, 6) is 0. The zero-order chi connectivity index (χ0) is 12.2. The van der Waals surface area contributed by atoms with Gasteiger partial charge < -0.3 is 5.32 Å². The summed E-state index contributed by atoms with van der Waals surface area (Å²) >= 11 is 1.69. The maximum Gasteiger partial charge on any atom is 0.193 e. The molecule has 18 heavy (non-hydrogen) atoms. The van der Waals surface area contributed by atoms with Crippen molar-refractivity contribution in [2.75, 3.05) is 6.54 Å². The lowest BCUT2D eigenvalue weighted by atomic mass is 9.97. The van der Waals surface area contributed by atoms with E-state index in [9.17, 15) is 0 Å². The molecule has 0 atom stereocenters. The molecule has 0 spiro atoms. The summed E-state index contributed by atoms with van der Waals surface area (Å²) < 4.78 is 2.09. The van der Waals surface area contributed by atoms with Gasteiger partial charge in [0.1, 0.15) is 0 Å². The summed E-state index contributed by atoms with van der Waals surface area (Å²) in [5, 5.41) is 5.55. The van der Waals surface area contributed by atoms with Crippen LogP contribution in [0.3, 0.4) is 0 Å². The minimum absolute atomic E-state index is 0.877. The fourth-order valence-electron chi connectivity index (χ4n) is 2.46. The maximum absolute atomic E-state index is 4.56. The molecule has 0 aliphatic heterocycles. The first-order valence-electron chi connectivity index (χ1n) is 6.71. The van der Waals surface area contributed by atoms with Gasteiger partial charge >= 0.3 is 0 Å². The summed E-state index contributed by atoms with van der Waals surface area (Å²) in [6, 6.07) is 0. The van der Waals surface area contributed by atoms with E-state index in [4.69, 9.17) is 0 Å². The second kappa shape index (κ2) is 5.67. The van der Waals surface area contributed by atoms with E-state index in [1.165, 1.54) is 32.1 Å². The molecular weight excluding hydrogens is 242 g/mol. The van der Waals surface area contributed by atoms with Crippen molar-refractivity contribution in [3.63, 3.8) is 0 Å². The SMILES string of the molecule is C1=C(CCNCc2cn3ccsc3n2)CCCC1. The summed E-state index contributed by atoms with van der Waals surface area (Å²) in [4.78, 5) is 5.65. The molecule has 4 heteroatoms. The standard InChI is InChI=1S/C14H19N3S/c1-2-4-12(5-3-1)6-7-15-10-13-11-17-8-9-18-14(17)16-13/h4,8-9,11,15H,1-3,5-7,10H2. The number of nitrogens with zero attached hydrogens (tertiary/aromatic N) is 2. The Kier molecular flexibility index (Phi) is 3.76. The zero-order valence-corrected chi connectivity index (χ0v) is 11.4. The van der Waals surface area contributed by atoms with Crippen LogP contribution in [0.15, 0.2) is 29.4 Å². The van der Waals surface area contributed by atoms with Gasteiger partial charge in [-0.15, -0.1) is 11.3 Å². The Morgan fingerprint density at radius 3 is 3.22 bits per heavy atom. The molecule has 3 rings (SSSR count). The van der Waals surface area contributed by atoms with Crippen LogP contribution < -0.4 is 5.32 Å². The van der Waals surface area contributed by atoms with E-state index in [2.05, 4.69) is 38.6 Å². The quantitative estimate of drug-likeness (QED) is 0.660. The number of allylic oxidation sites excluding steroid dienone is 1. The Labute approximate surface area is 112 Å². The fourth-order valence-corrected chi connectivity index (χ4v) is 3.18. The molecule has 3 nitrogen and oxygen atoms in total. The van der Waals surface area contributed by atoms with Crippen molar-refractivity contribution in [2.24, 2.45) is 0 Å². The van der Waals surface area contributed by atoms with E-state index in [0.717, 1.165) is 23.7 Å². The lowest BCUT2D eigenvalue weighted by Gasteiger charge is -2.12. The summed E-state index contributed by atoms with van der Waals surface area (Å²) in [5.41, 5.74) is 2.78. The van der Waals surface area contributed by atoms with Crippen molar-refractivity contribution < 1.29 is 0 Å². The molecule has 0 fully saturated rings. The van der Waals surface area contributed by atoms with Crippen LogP contribution in [0.25, 0.3) is 4.96 Å². The van der Waals surface area contributed by atoms with Crippen LogP contribution in [0, 0.1) is 0 Å². The summed E-state index contributed by atoms with van der Waals surface area (Å²) in [6.45, 7) is 1.94. The molecule has 0 saturated heterocycles. The van der Waals surface area contributed by atoms with Crippen LogP contribution in [-0.4, -0.2) is 15.9 Å². The number of thiazole rings is 1. The van der Waals surface area contributed by atoms with Crippen LogP contribution in [0.2, 0.25) is 0 Å². The third-order valence-corrected chi connectivity index (χ3v) is 4.23. The third-order valence-electron chi connectivity index (χ3n) is 3.46. The molecule has 1 aliphatic carbocycles. The van der Waals surface area contributed by atoms with Crippen molar-refractivity contribution in [2.45, 2.75) is 38.6 Å². The number of hydrogen-bond donors (Lipinski definition) is 1. The monoisotopic (exact) mass is 261 g/mol. The first-order valence-corrected chi connectivity index (χ1v) is 7.59. The van der Waals surface area contributed by atoms with Crippen molar-refractivity contribution in [1.82, 2.24) is 14.7 Å². The van der Waals surface area contributed by atoms with Crippen molar-refractivity contribution >= 4 is 16.3 Å². The molecule has 0 bridgehead atoms. The van der Waals surface area contributed by atoms with Gasteiger partial charge in [0.05, 0.1) is 5.69 Å². The summed E-state index contributed by atoms with van der Waals surface area (Å²) in [6.07, 6.45) is 13.1. The van der Waals surface area contributed by atoms with Gasteiger partial charge in [-0.25, -0.2) is 4.98 Å². The largest absolute Gasteiger partial charge is 0.311 e. The molecule has 2 aromatic rings. The first-order chi connectivity index (χ1) is 8.92. The number of hydrogen-bond acceptors (Lipinski definition) is 3. The first kappa shape index (κ1) is 11.9. The second-order valence-electron chi connectivity index (χ2n) is 4.86. The van der Waals surface area contributed by atoms with Gasteiger partial charge in [-0.2, -0.15) is 0 Å². The van der Waals surface area contributed by atoms with Gasteiger partial charge in [-0.05, 0) is 38.6 Å². The molecule has 2 heterocycles. The van der Waals surface area contributed by atoms with Gasteiger partial charge in [0, 0.05) is 24.3 Å². The lowest BCUT2D eigenvalue weighted by molar-refractivity contribution is 0.629. The predicted octanol–water partition coefficient (Wildman–Crippen LogP) is 3.38. The topological polar surface area (TPSA) is 29.3 Å².